The van der Waals surface area contributed by atoms with Crippen molar-refractivity contribution in [1.29, 1.82) is 0 Å². The number of hydrogen-bond donors (Lipinski definition) is 3. The second kappa shape index (κ2) is 7.63. The number of sulfonamides is 1. The van der Waals surface area contributed by atoms with E-state index in [1.807, 2.05) is 0 Å². The van der Waals surface area contributed by atoms with Crippen LogP contribution >= 0.6 is 0 Å². The largest absolute Gasteiger partial charge is 0.496 e. The predicted molar refractivity (Wildman–Crippen MR) is 88.7 cm³/mol. The minimum Gasteiger partial charge on any atom is -0.496 e. The third-order valence-corrected chi connectivity index (χ3v) is 4.10. The van der Waals surface area contributed by atoms with Crippen LogP contribution in [0.3, 0.4) is 0 Å². The van der Waals surface area contributed by atoms with E-state index in [1.165, 1.54) is 33.1 Å². The lowest BCUT2D eigenvalue weighted by molar-refractivity contribution is -0.125. The minimum absolute atomic E-state index is 0.109. The molecule has 0 bridgehead atoms. The number of carboxylic acids is 1. The summed E-state index contributed by atoms with van der Waals surface area (Å²) in [4.78, 5) is 23.0. The molecule has 1 aromatic carbocycles. The zero-order valence-electron chi connectivity index (χ0n) is 14.0. The summed E-state index contributed by atoms with van der Waals surface area (Å²) in [5.74, 6) is -1.10. The van der Waals surface area contributed by atoms with Crippen LogP contribution in [-0.4, -0.2) is 50.9 Å². The van der Waals surface area contributed by atoms with Crippen LogP contribution in [0.5, 0.6) is 5.75 Å². The lowest BCUT2D eigenvalue weighted by Gasteiger charge is -2.23. The first-order valence-corrected chi connectivity index (χ1v) is 9.03. The van der Waals surface area contributed by atoms with Crippen molar-refractivity contribution in [3.63, 3.8) is 0 Å². The SMILES string of the molecule is COc1cc(C(=O)O)ccc1CCNC(=O)C(C)(C)NS(C)(=O)=O. The van der Waals surface area contributed by atoms with Crippen LogP contribution in [0.1, 0.15) is 29.8 Å². The van der Waals surface area contributed by atoms with Gasteiger partial charge >= 0.3 is 5.97 Å². The van der Waals surface area contributed by atoms with Crippen molar-refractivity contribution in [3.05, 3.63) is 29.3 Å². The highest BCUT2D eigenvalue weighted by molar-refractivity contribution is 7.88. The molecule has 0 aliphatic heterocycles. The Kier molecular flexibility index (Phi) is 6.33. The number of amides is 1. The van der Waals surface area contributed by atoms with E-state index in [0.717, 1.165) is 11.8 Å². The number of rotatable bonds is 8. The van der Waals surface area contributed by atoms with Gasteiger partial charge in [-0.2, -0.15) is 0 Å². The Balaban J connectivity index is 2.71. The second-order valence-electron chi connectivity index (χ2n) is 5.84. The van der Waals surface area contributed by atoms with E-state index < -0.39 is 27.4 Å². The molecule has 8 nitrogen and oxygen atoms in total. The van der Waals surface area contributed by atoms with Crippen molar-refractivity contribution in [1.82, 2.24) is 10.0 Å². The van der Waals surface area contributed by atoms with Gasteiger partial charge in [-0.05, 0) is 38.0 Å². The van der Waals surface area contributed by atoms with Gasteiger partial charge in [0, 0.05) is 6.54 Å². The predicted octanol–water partition coefficient (Wildman–Crippen LogP) is 0.380. The number of methoxy groups -OCH3 is 1. The highest BCUT2D eigenvalue weighted by atomic mass is 32.2. The van der Waals surface area contributed by atoms with E-state index in [-0.39, 0.29) is 12.1 Å². The zero-order chi connectivity index (χ0) is 18.5. The van der Waals surface area contributed by atoms with Crippen LogP contribution in [0, 0.1) is 0 Å². The molecule has 0 spiro atoms. The standard InChI is InChI=1S/C15H22N2O6S/c1-15(2,17-24(4,21)22)14(20)16-8-7-10-5-6-11(13(18)19)9-12(10)23-3/h5-6,9,17H,7-8H2,1-4H3,(H,16,20)(H,18,19). The molecule has 3 N–H and O–H groups in total. The van der Waals surface area contributed by atoms with Gasteiger partial charge in [-0.1, -0.05) is 6.07 Å². The molecule has 0 radical (unpaired) electrons. The van der Waals surface area contributed by atoms with E-state index in [0.29, 0.717) is 12.2 Å². The first-order valence-electron chi connectivity index (χ1n) is 7.14. The van der Waals surface area contributed by atoms with Crippen LogP contribution in [0.2, 0.25) is 0 Å². The summed E-state index contributed by atoms with van der Waals surface area (Å²) in [5, 5.41) is 11.6. The summed E-state index contributed by atoms with van der Waals surface area (Å²) in [5.41, 5.74) is -0.431. The molecule has 9 heteroatoms. The van der Waals surface area contributed by atoms with E-state index in [9.17, 15) is 18.0 Å². The van der Waals surface area contributed by atoms with Crippen LogP contribution in [0.4, 0.5) is 0 Å². The average Bonchev–Trinajstić information content (AvgIpc) is 2.44. The van der Waals surface area contributed by atoms with Crippen molar-refractivity contribution in [2.75, 3.05) is 19.9 Å². The van der Waals surface area contributed by atoms with Crippen molar-refractivity contribution in [2.24, 2.45) is 0 Å². The first kappa shape index (κ1) is 19.9. The Labute approximate surface area is 141 Å². The van der Waals surface area contributed by atoms with Gasteiger partial charge in [-0.15, -0.1) is 0 Å². The lowest BCUT2D eigenvalue weighted by Crippen LogP contribution is -2.54. The van der Waals surface area contributed by atoms with Gasteiger partial charge in [0.25, 0.3) is 0 Å². The van der Waals surface area contributed by atoms with Gasteiger partial charge in [0.15, 0.2) is 0 Å². The molecule has 0 aromatic heterocycles. The molecule has 0 heterocycles. The molecule has 134 valence electrons. The highest BCUT2D eigenvalue weighted by Crippen LogP contribution is 2.20. The summed E-state index contributed by atoms with van der Waals surface area (Å²) in [6, 6.07) is 4.49. The topological polar surface area (TPSA) is 122 Å². The summed E-state index contributed by atoms with van der Waals surface area (Å²) in [6.07, 6.45) is 1.39. The van der Waals surface area contributed by atoms with Crippen molar-refractivity contribution in [2.45, 2.75) is 25.8 Å². The van der Waals surface area contributed by atoms with Gasteiger partial charge in [-0.25, -0.2) is 17.9 Å². The fourth-order valence-corrected chi connectivity index (χ4v) is 3.15. The van der Waals surface area contributed by atoms with Gasteiger partial charge < -0.3 is 15.2 Å². The third-order valence-electron chi connectivity index (χ3n) is 3.22. The molecule has 1 rings (SSSR count). The molecule has 24 heavy (non-hydrogen) atoms. The number of carbonyl (C=O) groups is 2. The average molecular weight is 358 g/mol. The molecular formula is C15H22N2O6S. The number of ether oxygens (including phenoxy) is 1. The van der Waals surface area contributed by atoms with Crippen LogP contribution in [-0.2, 0) is 21.2 Å². The van der Waals surface area contributed by atoms with E-state index >= 15 is 0 Å². The fraction of sp³-hybridized carbons (Fsp3) is 0.467. The maximum atomic E-state index is 12.1. The number of aromatic carboxylic acids is 1. The number of benzene rings is 1. The molecule has 1 amide bonds. The maximum absolute atomic E-state index is 12.1. The van der Waals surface area contributed by atoms with Crippen LogP contribution in [0.25, 0.3) is 0 Å². The summed E-state index contributed by atoms with van der Waals surface area (Å²) < 4.78 is 29.9. The first-order chi connectivity index (χ1) is 11.0. The van der Waals surface area contributed by atoms with Crippen LogP contribution in [0.15, 0.2) is 18.2 Å². The quantitative estimate of drug-likeness (QED) is 0.618. The van der Waals surface area contributed by atoms with E-state index in [2.05, 4.69) is 10.0 Å². The van der Waals surface area contributed by atoms with Gasteiger partial charge in [0.05, 0.1) is 18.9 Å². The molecule has 0 unspecified atom stereocenters. The molecule has 0 aliphatic rings. The third kappa shape index (κ3) is 5.82. The normalized spacial score (nSPS) is 11.8. The molecule has 0 aliphatic carbocycles. The van der Waals surface area contributed by atoms with E-state index in [1.54, 1.807) is 6.07 Å². The van der Waals surface area contributed by atoms with Crippen molar-refractivity contribution in [3.8, 4) is 5.75 Å². The Hall–Kier alpha value is -2.13. The molecule has 0 saturated heterocycles. The second-order valence-corrected chi connectivity index (χ2v) is 7.59. The molecule has 0 atom stereocenters. The summed E-state index contributed by atoms with van der Waals surface area (Å²) >= 11 is 0. The van der Waals surface area contributed by atoms with E-state index in [4.69, 9.17) is 9.84 Å². The van der Waals surface area contributed by atoms with Gasteiger partial charge in [0.2, 0.25) is 15.9 Å². The lowest BCUT2D eigenvalue weighted by atomic mass is 10.1. The number of nitrogens with one attached hydrogen (secondary N) is 2. The monoisotopic (exact) mass is 358 g/mol. The number of hydrogen-bond acceptors (Lipinski definition) is 5. The Morgan fingerprint density at radius 1 is 1.29 bits per heavy atom. The maximum Gasteiger partial charge on any atom is 0.335 e. The Morgan fingerprint density at radius 2 is 1.92 bits per heavy atom. The molecule has 0 saturated carbocycles. The zero-order valence-corrected chi connectivity index (χ0v) is 14.9. The summed E-state index contributed by atoms with van der Waals surface area (Å²) in [7, 11) is -2.08. The van der Waals surface area contributed by atoms with Crippen LogP contribution < -0.4 is 14.8 Å². The van der Waals surface area contributed by atoms with Crippen molar-refractivity contribution < 1.29 is 27.9 Å². The highest BCUT2D eigenvalue weighted by Gasteiger charge is 2.30. The minimum atomic E-state index is -3.51. The molecule has 0 fully saturated rings. The molecular weight excluding hydrogens is 336 g/mol. The smallest absolute Gasteiger partial charge is 0.335 e. The number of carboxylic acid groups (broad SMARTS) is 1. The summed E-state index contributed by atoms with van der Waals surface area (Å²) in [6.45, 7) is 3.17. The Bertz CT molecular complexity index is 727. The van der Waals surface area contributed by atoms with Gasteiger partial charge in [-0.3, -0.25) is 4.79 Å². The Morgan fingerprint density at radius 3 is 2.42 bits per heavy atom. The van der Waals surface area contributed by atoms with Crippen molar-refractivity contribution >= 4 is 21.9 Å². The fourth-order valence-electron chi connectivity index (χ4n) is 2.13. The van der Waals surface area contributed by atoms with Gasteiger partial charge in [0.1, 0.15) is 11.3 Å². The number of carbonyl (C=O) groups excluding carboxylic acids is 1. The molecule has 1 aromatic rings.